The van der Waals surface area contributed by atoms with E-state index in [1.807, 2.05) is 6.07 Å². The molecule has 3 heteroatoms. The van der Waals surface area contributed by atoms with Gasteiger partial charge in [-0.15, -0.1) is 0 Å². The molecule has 1 aromatic rings. The molecule has 0 bridgehead atoms. The Hall–Kier alpha value is 0.110. The van der Waals surface area contributed by atoms with Crippen molar-refractivity contribution >= 4 is 31.9 Å². The third kappa shape index (κ3) is 3.30. The number of hydrogen-bond donors (Lipinski definition) is 0. The first-order chi connectivity index (χ1) is 7.56. The lowest BCUT2D eigenvalue weighted by molar-refractivity contribution is 0.303. The molecule has 1 rings (SSSR count). The van der Waals surface area contributed by atoms with E-state index in [1.165, 1.54) is 6.07 Å². The van der Waals surface area contributed by atoms with E-state index in [0.717, 1.165) is 34.6 Å². The molecule has 0 aliphatic rings. The van der Waals surface area contributed by atoms with Crippen LogP contribution in [0.5, 0.6) is 0 Å². The van der Waals surface area contributed by atoms with E-state index in [9.17, 15) is 4.39 Å². The highest BCUT2D eigenvalue weighted by molar-refractivity contribution is 9.10. The van der Waals surface area contributed by atoms with Crippen molar-refractivity contribution in [3.8, 4) is 0 Å². The van der Waals surface area contributed by atoms with Gasteiger partial charge in [-0.05, 0) is 48.4 Å². The summed E-state index contributed by atoms with van der Waals surface area (Å²) in [6.45, 7) is 4.33. The van der Waals surface area contributed by atoms with Crippen molar-refractivity contribution in [1.29, 1.82) is 0 Å². The molecular formula is C13H17Br2F. The molecule has 16 heavy (non-hydrogen) atoms. The van der Waals surface area contributed by atoms with E-state index in [-0.39, 0.29) is 11.2 Å². The molecule has 0 fully saturated rings. The van der Waals surface area contributed by atoms with Crippen LogP contribution in [0, 0.1) is 11.2 Å². The van der Waals surface area contributed by atoms with Gasteiger partial charge >= 0.3 is 0 Å². The van der Waals surface area contributed by atoms with Gasteiger partial charge in [-0.1, -0.05) is 45.7 Å². The van der Waals surface area contributed by atoms with Gasteiger partial charge in [-0.25, -0.2) is 4.39 Å². The largest absolute Gasteiger partial charge is 0.207 e. The molecule has 0 amide bonds. The number of rotatable bonds is 5. The van der Waals surface area contributed by atoms with E-state index in [1.54, 1.807) is 6.07 Å². The van der Waals surface area contributed by atoms with Crippen molar-refractivity contribution in [2.75, 3.05) is 5.33 Å². The summed E-state index contributed by atoms with van der Waals surface area (Å²) >= 11 is 6.95. The molecule has 0 saturated carbocycles. The number of hydrogen-bond acceptors (Lipinski definition) is 0. The minimum Gasteiger partial charge on any atom is -0.207 e. The van der Waals surface area contributed by atoms with Crippen molar-refractivity contribution in [3.63, 3.8) is 0 Å². The van der Waals surface area contributed by atoms with Crippen LogP contribution in [0.2, 0.25) is 0 Å². The lowest BCUT2D eigenvalue weighted by Crippen LogP contribution is -2.24. The maximum atomic E-state index is 13.7. The van der Waals surface area contributed by atoms with E-state index in [4.69, 9.17) is 0 Å². The Kier molecular flexibility index (Phi) is 5.45. The van der Waals surface area contributed by atoms with Crippen LogP contribution in [-0.4, -0.2) is 5.33 Å². The van der Waals surface area contributed by atoms with Gasteiger partial charge in [-0.3, -0.25) is 0 Å². The van der Waals surface area contributed by atoms with E-state index < -0.39 is 0 Å². The van der Waals surface area contributed by atoms with Crippen LogP contribution >= 0.6 is 31.9 Å². The predicted octanol–water partition coefficient (Wildman–Crippen LogP) is 5.33. The Morgan fingerprint density at radius 1 is 1.25 bits per heavy atom. The van der Waals surface area contributed by atoms with Crippen LogP contribution in [0.25, 0.3) is 0 Å². The Morgan fingerprint density at radius 3 is 2.38 bits per heavy atom. The van der Waals surface area contributed by atoms with Crippen molar-refractivity contribution in [2.45, 2.75) is 33.1 Å². The first-order valence-corrected chi connectivity index (χ1v) is 7.48. The lowest BCUT2D eigenvalue weighted by Gasteiger charge is -2.29. The first kappa shape index (κ1) is 14.2. The summed E-state index contributed by atoms with van der Waals surface area (Å²) in [5, 5.41) is 0.916. The van der Waals surface area contributed by atoms with Crippen LogP contribution in [0.15, 0.2) is 22.7 Å². The molecule has 0 atom stereocenters. The van der Waals surface area contributed by atoms with Gasteiger partial charge in [-0.2, -0.15) is 0 Å². The zero-order chi connectivity index (χ0) is 12.2. The van der Waals surface area contributed by atoms with Crippen LogP contribution < -0.4 is 0 Å². The molecule has 0 N–H and O–H groups in total. The molecule has 0 heterocycles. The molecule has 0 saturated heterocycles. The van der Waals surface area contributed by atoms with E-state index in [0.29, 0.717) is 0 Å². The second-order valence-corrected chi connectivity index (χ2v) is 5.73. The fourth-order valence-electron chi connectivity index (χ4n) is 1.82. The van der Waals surface area contributed by atoms with Gasteiger partial charge in [0.15, 0.2) is 0 Å². The van der Waals surface area contributed by atoms with Gasteiger partial charge in [0.2, 0.25) is 0 Å². The molecule has 1 aromatic carbocycles. The Labute approximate surface area is 114 Å². The van der Waals surface area contributed by atoms with E-state index >= 15 is 0 Å². The Balaban J connectivity index is 2.97. The van der Waals surface area contributed by atoms with Gasteiger partial charge < -0.3 is 0 Å². The zero-order valence-electron chi connectivity index (χ0n) is 9.69. The fourth-order valence-corrected chi connectivity index (χ4v) is 3.22. The smallest absolute Gasteiger partial charge is 0.126 e. The molecule has 0 aliphatic heterocycles. The third-order valence-corrected chi connectivity index (χ3v) is 5.04. The molecule has 0 nitrogen and oxygen atoms in total. The summed E-state index contributed by atoms with van der Waals surface area (Å²) in [5.41, 5.74) is 0.972. The normalized spacial score (nSPS) is 11.8. The molecule has 0 aliphatic carbocycles. The molecule has 0 unspecified atom stereocenters. The fraction of sp³-hybridized carbons (Fsp3) is 0.538. The van der Waals surface area contributed by atoms with Gasteiger partial charge in [0.25, 0.3) is 0 Å². The van der Waals surface area contributed by atoms with Gasteiger partial charge in [0, 0.05) is 9.80 Å². The summed E-state index contributed by atoms with van der Waals surface area (Å²) in [5.74, 6) is -0.101. The monoisotopic (exact) mass is 350 g/mol. The molecule has 90 valence electrons. The first-order valence-electron chi connectivity index (χ1n) is 5.57. The number of benzene rings is 1. The van der Waals surface area contributed by atoms with Gasteiger partial charge in [0.1, 0.15) is 5.82 Å². The Bertz CT molecular complexity index is 338. The SMILES string of the molecule is CCC(CC)(CBr)Cc1cc(Br)ccc1F. The zero-order valence-corrected chi connectivity index (χ0v) is 12.9. The second-order valence-electron chi connectivity index (χ2n) is 4.25. The summed E-state index contributed by atoms with van der Waals surface area (Å²) < 4.78 is 14.6. The molecular weight excluding hydrogens is 335 g/mol. The Morgan fingerprint density at radius 2 is 1.88 bits per heavy atom. The number of halogens is 3. The number of alkyl halides is 1. The lowest BCUT2D eigenvalue weighted by atomic mass is 9.79. The van der Waals surface area contributed by atoms with Gasteiger partial charge in [0.05, 0.1) is 0 Å². The van der Waals surface area contributed by atoms with Crippen LogP contribution in [0.1, 0.15) is 32.3 Å². The maximum absolute atomic E-state index is 13.7. The summed E-state index contributed by atoms with van der Waals surface area (Å²) in [4.78, 5) is 0. The minimum absolute atomic E-state index is 0.101. The maximum Gasteiger partial charge on any atom is 0.126 e. The second kappa shape index (κ2) is 6.15. The average molecular weight is 352 g/mol. The van der Waals surface area contributed by atoms with Crippen molar-refractivity contribution < 1.29 is 4.39 Å². The standard InChI is InChI=1S/C13H17Br2F/c1-3-13(4-2,9-14)8-10-7-11(15)5-6-12(10)16/h5-7H,3-4,8-9H2,1-2H3. The van der Waals surface area contributed by atoms with Crippen molar-refractivity contribution in [1.82, 2.24) is 0 Å². The summed E-state index contributed by atoms with van der Waals surface area (Å²) in [6.07, 6.45) is 2.90. The summed E-state index contributed by atoms with van der Waals surface area (Å²) in [7, 11) is 0. The quantitative estimate of drug-likeness (QED) is 0.629. The molecule has 0 radical (unpaired) electrons. The third-order valence-electron chi connectivity index (χ3n) is 3.36. The van der Waals surface area contributed by atoms with Crippen LogP contribution in [0.4, 0.5) is 4.39 Å². The van der Waals surface area contributed by atoms with Crippen LogP contribution in [-0.2, 0) is 6.42 Å². The van der Waals surface area contributed by atoms with Crippen molar-refractivity contribution in [3.05, 3.63) is 34.1 Å². The molecule has 0 spiro atoms. The van der Waals surface area contributed by atoms with E-state index in [2.05, 4.69) is 45.7 Å². The van der Waals surface area contributed by atoms with Crippen molar-refractivity contribution in [2.24, 2.45) is 5.41 Å². The summed E-state index contributed by atoms with van der Waals surface area (Å²) in [6, 6.07) is 5.16. The average Bonchev–Trinajstić information content (AvgIpc) is 2.31. The minimum atomic E-state index is -0.101. The molecule has 0 aromatic heterocycles. The highest BCUT2D eigenvalue weighted by Gasteiger charge is 2.26. The predicted molar refractivity (Wildman–Crippen MR) is 74.6 cm³/mol. The van der Waals surface area contributed by atoms with Crippen LogP contribution in [0.3, 0.4) is 0 Å². The topological polar surface area (TPSA) is 0 Å². The highest BCUT2D eigenvalue weighted by Crippen LogP contribution is 2.34. The highest BCUT2D eigenvalue weighted by atomic mass is 79.9.